The summed E-state index contributed by atoms with van der Waals surface area (Å²) in [6.45, 7) is 6.87. The SMILES string of the molecule is CC(C)CC(NC(=O)C(N)CCCCN)C(=O)NC(C)C(=O)NC(C(=O)O)C(C)O. The molecule has 0 aliphatic rings. The molecule has 3 amide bonds. The number of carbonyl (C=O) groups excluding carboxylic acids is 3. The van der Waals surface area contributed by atoms with Crippen molar-refractivity contribution in [1.29, 1.82) is 0 Å². The third-order valence-electron chi connectivity index (χ3n) is 4.44. The predicted octanol–water partition coefficient (Wildman–Crippen LogP) is -1.57. The summed E-state index contributed by atoms with van der Waals surface area (Å²) in [5.41, 5.74) is 11.3. The highest BCUT2D eigenvalue weighted by Crippen LogP contribution is 2.07. The Bertz CT molecular complexity index is 584. The number of carbonyl (C=O) groups is 4. The molecule has 5 atom stereocenters. The number of nitrogens with one attached hydrogen (secondary N) is 3. The number of nitrogens with two attached hydrogens (primary N) is 2. The molecule has 9 N–H and O–H groups in total. The van der Waals surface area contributed by atoms with E-state index in [0.717, 1.165) is 6.42 Å². The highest BCUT2D eigenvalue weighted by atomic mass is 16.4. The molecule has 11 heteroatoms. The van der Waals surface area contributed by atoms with Gasteiger partial charge in [0.25, 0.3) is 0 Å². The third-order valence-corrected chi connectivity index (χ3v) is 4.44. The van der Waals surface area contributed by atoms with Gasteiger partial charge in [0.1, 0.15) is 12.1 Å². The molecule has 5 unspecified atom stereocenters. The van der Waals surface area contributed by atoms with Crippen LogP contribution in [0.2, 0.25) is 0 Å². The molecule has 0 aromatic heterocycles. The minimum absolute atomic E-state index is 0.0743. The van der Waals surface area contributed by atoms with E-state index in [1.807, 2.05) is 13.8 Å². The van der Waals surface area contributed by atoms with E-state index in [-0.39, 0.29) is 5.92 Å². The number of unbranched alkanes of at least 4 members (excludes halogenated alkanes) is 1. The molecule has 0 aliphatic carbocycles. The van der Waals surface area contributed by atoms with E-state index in [1.165, 1.54) is 13.8 Å². The Morgan fingerprint density at radius 2 is 1.50 bits per heavy atom. The number of carboxylic acids is 1. The Balaban J connectivity index is 4.99. The molecule has 0 saturated heterocycles. The summed E-state index contributed by atoms with van der Waals surface area (Å²) in [6.07, 6.45) is 0.883. The summed E-state index contributed by atoms with van der Waals surface area (Å²) < 4.78 is 0. The van der Waals surface area contributed by atoms with Gasteiger partial charge in [0.15, 0.2) is 6.04 Å². The first-order valence-electron chi connectivity index (χ1n) is 10.2. The summed E-state index contributed by atoms with van der Waals surface area (Å²) in [5, 5.41) is 25.8. The maximum absolute atomic E-state index is 12.6. The van der Waals surface area contributed by atoms with E-state index >= 15 is 0 Å². The Hall–Kier alpha value is -2.24. The summed E-state index contributed by atoms with van der Waals surface area (Å²) in [5.74, 6) is -3.15. The predicted molar refractivity (Wildman–Crippen MR) is 111 cm³/mol. The van der Waals surface area contributed by atoms with Gasteiger partial charge in [-0.25, -0.2) is 4.79 Å². The quantitative estimate of drug-likeness (QED) is 0.160. The molecular formula is C19H37N5O6. The van der Waals surface area contributed by atoms with Crippen LogP contribution in [-0.4, -0.2) is 70.7 Å². The first-order valence-corrected chi connectivity index (χ1v) is 10.2. The first-order chi connectivity index (χ1) is 13.9. The summed E-state index contributed by atoms with van der Waals surface area (Å²) in [6, 6.07) is -4.26. The van der Waals surface area contributed by atoms with Crippen molar-refractivity contribution in [2.45, 2.75) is 83.6 Å². The van der Waals surface area contributed by atoms with Crippen molar-refractivity contribution in [2.24, 2.45) is 17.4 Å². The smallest absolute Gasteiger partial charge is 0.328 e. The normalized spacial score (nSPS) is 16.1. The van der Waals surface area contributed by atoms with E-state index in [1.54, 1.807) is 0 Å². The number of aliphatic hydroxyl groups is 1. The Kier molecular flexibility index (Phi) is 12.8. The highest BCUT2D eigenvalue weighted by Gasteiger charge is 2.30. The maximum atomic E-state index is 12.6. The van der Waals surface area contributed by atoms with E-state index < -0.39 is 54.0 Å². The average Bonchev–Trinajstić information content (AvgIpc) is 2.64. The number of hydrogen-bond donors (Lipinski definition) is 7. The Morgan fingerprint density at radius 1 is 0.900 bits per heavy atom. The van der Waals surface area contributed by atoms with Gasteiger partial charge in [0.05, 0.1) is 12.1 Å². The van der Waals surface area contributed by atoms with Crippen molar-refractivity contribution in [2.75, 3.05) is 6.54 Å². The molecule has 0 fully saturated rings. The Labute approximate surface area is 177 Å². The van der Waals surface area contributed by atoms with Gasteiger partial charge in [-0.3, -0.25) is 14.4 Å². The van der Waals surface area contributed by atoms with Gasteiger partial charge in [-0.2, -0.15) is 0 Å². The van der Waals surface area contributed by atoms with E-state index in [2.05, 4.69) is 16.0 Å². The van der Waals surface area contributed by atoms with E-state index in [0.29, 0.717) is 25.8 Å². The highest BCUT2D eigenvalue weighted by molar-refractivity contribution is 5.93. The molecule has 0 aromatic rings. The lowest BCUT2D eigenvalue weighted by Crippen LogP contribution is -2.57. The number of aliphatic hydroxyl groups excluding tert-OH is 1. The topological polar surface area (TPSA) is 197 Å². The first kappa shape index (κ1) is 27.8. The van der Waals surface area contributed by atoms with Crippen LogP contribution in [0.4, 0.5) is 0 Å². The molecule has 0 radical (unpaired) electrons. The Morgan fingerprint density at radius 3 is 1.97 bits per heavy atom. The molecular weight excluding hydrogens is 394 g/mol. The van der Waals surface area contributed by atoms with Gasteiger partial charge >= 0.3 is 5.97 Å². The van der Waals surface area contributed by atoms with Crippen LogP contribution >= 0.6 is 0 Å². The van der Waals surface area contributed by atoms with Crippen LogP contribution in [-0.2, 0) is 19.2 Å². The summed E-state index contributed by atoms with van der Waals surface area (Å²) in [7, 11) is 0. The second-order valence-electron chi connectivity index (χ2n) is 7.88. The molecule has 0 aromatic carbocycles. The van der Waals surface area contributed by atoms with Gasteiger partial charge in [0.2, 0.25) is 17.7 Å². The van der Waals surface area contributed by atoms with E-state index in [9.17, 15) is 24.3 Å². The van der Waals surface area contributed by atoms with Gasteiger partial charge in [-0.05, 0) is 45.6 Å². The fourth-order valence-corrected chi connectivity index (χ4v) is 2.67. The summed E-state index contributed by atoms with van der Waals surface area (Å²) >= 11 is 0. The van der Waals surface area contributed by atoms with Crippen molar-refractivity contribution < 1.29 is 29.4 Å². The van der Waals surface area contributed by atoms with Gasteiger partial charge in [0, 0.05) is 0 Å². The average molecular weight is 432 g/mol. The van der Waals surface area contributed by atoms with Crippen LogP contribution in [0.15, 0.2) is 0 Å². The van der Waals surface area contributed by atoms with Crippen molar-refractivity contribution in [1.82, 2.24) is 16.0 Å². The minimum Gasteiger partial charge on any atom is -0.480 e. The lowest BCUT2D eigenvalue weighted by molar-refractivity contribution is -0.145. The number of amides is 3. The largest absolute Gasteiger partial charge is 0.480 e. The van der Waals surface area contributed by atoms with Crippen molar-refractivity contribution in [3.8, 4) is 0 Å². The molecule has 30 heavy (non-hydrogen) atoms. The van der Waals surface area contributed by atoms with Crippen LogP contribution in [0.5, 0.6) is 0 Å². The van der Waals surface area contributed by atoms with Crippen LogP contribution in [0.1, 0.15) is 53.4 Å². The standard InChI is InChI=1S/C19H37N5O6/c1-10(2)9-14(23-17(27)13(21)7-5-6-8-20)18(28)22-11(3)16(26)24-15(12(4)25)19(29)30/h10-15,25H,5-9,20-21H2,1-4H3,(H,22,28)(H,23,27)(H,24,26)(H,29,30). The second kappa shape index (κ2) is 13.9. The molecule has 0 spiro atoms. The molecule has 0 saturated carbocycles. The molecule has 174 valence electrons. The van der Waals surface area contributed by atoms with Crippen LogP contribution < -0.4 is 27.4 Å². The van der Waals surface area contributed by atoms with Crippen molar-refractivity contribution >= 4 is 23.7 Å². The fourth-order valence-electron chi connectivity index (χ4n) is 2.67. The van der Waals surface area contributed by atoms with Gasteiger partial charge in [-0.1, -0.05) is 20.3 Å². The lowest BCUT2D eigenvalue weighted by Gasteiger charge is -2.25. The third kappa shape index (κ3) is 10.5. The minimum atomic E-state index is -1.51. The maximum Gasteiger partial charge on any atom is 0.328 e. The zero-order valence-electron chi connectivity index (χ0n) is 18.2. The number of aliphatic carboxylic acids is 1. The van der Waals surface area contributed by atoms with Crippen molar-refractivity contribution in [3.63, 3.8) is 0 Å². The van der Waals surface area contributed by atoms with Crippen LogP contribution in [0, 0.1) is 5.92 Å². The lowest BCUT2D eigenvalue weighted by atomic mass is 10.0. The molecule has 11 nitrogen and oxygen atoms in total. The number of hydrogen-bond acceptors (Lipinski definition) is 7. The number of rotatable bonds is 14. The second-order valence-corrected chi connectivity index (χ2v) is 7.88. The van der Waals surface area contributed by atoms with Gasteiger partial charge in [-0.15, -0.1) is 0 Å². The monoisotopic (exact) mass is 431 g/mol. The zero-order valence-corrected chi connectivity index (χ0v) is 18.2. The van der Waals surface area contributed by atoms with E-state index in [4.69, 9.17) is 16.6 Å². The molecule has 0 bridgehead atoms. The van der Waals surface area contributed by atoms with Crippen LogP contribution in [0.3, 0.4) is 0 Å². The molecule has 0 rings (SSSR count). The number of carboxylic acid groups (broad SMARTS) is 1. The zero-order chi connectivity index (χ0) is 23.4. The molecule has 0 aliphatic heterocycles. The van der Waals surface area contributed by atoms with Crippen molar-refractivity contribution in [3.05, 3.63) is 0 Å². The fraction of sp³-hybridized carbons (Fsp3) is 0.789. The molecule has 0 heterocycles. The van der Waals surface area contributed by atoms with Crippen LogP contribution in [0.25, 0.3) is 0 Å². The van der Waals surface area contributed by atoms with Gasteiger partial charge < -0.3 is 37.6 Å². The summed E-state index contributed by atoms with van der Waals surface area (Å²) in [4.78, 5) is 48.3.